The number of aryl methyl sites for hydroxylation is 1. The van der Waals surface area contributed by atoms with Gasteiger partial charge in [-0.3, -0.25) is 14.8 Å². The molecule has 0 aliphatic rings. The zero-order chi connectivity index (χ0) is 13.1. The standard InChI is InChI=1S/C12H13N3O3/c1-14-11(12(8-13-14)15(16)17)7-9-4-3-5-10(6-9)18-2/h3-6,8H,7H2,1-2H3. The summed E-state index contributed by atoms with van der Waals surface area (Å²) in [4.78, 5) is 10.5. The molecule has 6 nitrogen and oxygen atoms in total. The molecule has 0 amide bonds. The van der Waals surface area contributed by atoms with Gasteiger partial charge in [0.1, 0.15) is 17.6 Å². The van der Waals surface area contributed by atoms with Crippen LogP contribution in [0.3, 0.4) is 0 Å². The fourth-order valence-electron chi connectivity index (χ4n) is 1.78. The van der Waals surface area contributed by atoms with E-state index in [2.05, 4.69) is 5.10 Å². The smallest absolute Gasteiger partial charge is 0.310 e. The molecule has 6 heteroatoms. The number of nitro groups is 1. The summed E-state index contributed by atoms with van der Waals surface area (Å²) in [5.41, 5.74) is 1.56. The van der Waals surface area contributed by atoms with Gasteiger partial charge in [0.05, 0.1) is 12.0 Å². The Hall–Kier alpha value is -2.37. The molecule has 0 fully saturated rings. The van der Waals surface area contributed by atoms with Crippen LogP contribution >= 0.6 is 0 Å². The summed E-state index contributed by atoms with van der Waals surface area (Å²) >= 11 is 0. The minimum absolute atomic E-state index is 0.0420. The molecule has 0 unspecified atom stereocenters. The van der Waals surface area contributed by atoms with Gasteiger partial charge < -0.3 is 4.74 Å². The predicted molar refractivity (Wildman–Crippen MR) is 65.7 cm³/mol. The molecule has 0 saturated heterocycles. The predicted octanol–water partition coefficient (Wildman–Crippen LogP) is 1.93. The number of hydrogen-bond donors (Lipinski definition) is 0. The van der Waals surface area contributed by atoms with Crippen LogP contribution in [0.5, 0.6) is 5.75 Å². The van der Waals surface area contributed by atoms with E-state index < -0.39 is 4.92 Å². The molecule has 94 valence electrons. The van der Waals surface area contributed by atoms with Gasteiger partial charge in [-0.1, -0.05) is 12.1 Å². The SMILES string of the molecule is COc1cccc(Cc2c([N+](=O)[O-])cnn2C)c1. The highest BCUT2D eigenvalue weighted by molar-refractivity contribution is 5.39. The molecule has 2 rings (SSSR count). The van der Waals surface area contributed by atoms with Crippen molar-refractivity contribution in [3.05, 3.63) is 51.8 Å². The summed E-state index contributed by atoms with van der Waals surface area (Å²) in [6.45, 7) is 0. The number of rotatable bonds is 4. The number of hydrogen-bond acceptors (Lipinski definition) is 4. The Morgan fingerprint density at radius 2 is 2.28 bits per heavy atom. The summed E-state index contributed by atoms with van der Waals surface area (Å²) in [7, 11) is 3.29. The molecule has 1 heterocycles. The number of aromatic nitrogens is 2. The second-order valence-corrected chi connectivity index (χ2v) is 3.89. The highest BCUT2D eigenvalue weighted by Crippen LogP contribution is 2.22. The Labute approximate surface area is 104 Å². The third kappa shape index (κ3) is 2.32. The first-order valence-electron chi connectivity index (χ1n) is 5.40. The monoisotopic (exact) mass is 247 g/mol. The molecule has 1 aromatic carbocycles. The van der Waals surface area contributed by atoms with Gasteiger partial charge in [-0.15, -0.1) is 0 Å². The highest BCUT2D eigenvalue weighted by Gasteiger charge is 2.18. The van der Waals surface area contributed by atoms with Gasteiger partial charge in [0.2, 0.25) is 0 Å². The van der Waals surface area contributed by atoms with Gasteiger partial charge in [0.25, 0.3) is 0 Å². The lowest BCUT2D eigenvalue weighted by molar-refractivity contribution is -0.385. The van der Waals surface area contributed by atoms with Crippen molar-refractivity contribution in [2.75, 3.05) is 7.11 Å². The number of ether oxygens (including phenoxy) is 1. The van der Waals surface area contributed by atoms with Crippen molar-refractivity contribution in [2.24, 2.45) is 7.05 Å². The van der Waals surface area contributed by atoms with Gasteiger partial charge in [-0.05, 0) is 17.7 Å². The van der Waals surface area contributed by atoms with Crippen molar-refractivity contribution >= 4 is 5.69 Å². The van der Waals surface area contributed by atoms with E-state index in [1.165, 1.54) is 10.9 Å². The third-order valence-electron chi connectivity index (χ3n) is 2.74. The van der Waals surface area contributed by atoms with Crippen LogP contribution in [-0.2, 0) is 13.5 Å². The van der Waals surface area contributed by atoms with Crippen molar-refractivity contribution in [2.45, 2.75) is 6.42 Å². The molecule has 0 bridgehead atoms. The molecule has 18 heavy (non-hydrogen) atoms. The molecule has 0 atom stereocenters. The second-order valence-electron chi connectivity index (χ2n) is 3.89. The molecular formula is C12H13N3O3. The molecule has 1 aromatic heterocycles. The largest absolute Gasteiger partial charge is 0.497 e. The van der Waals surface area contributed by atoms with E-state index in [0.29, 0.717) is 12.1 Å². The fraction of sp³-hybridized carbons (Fsp3) is 0.250. The van der Waals surface area contributed by atoms with Crippen LogP contribution < -0.4 is 4.74 Å². The topological polar surface area (TPSA) is 70.2 Å². The molecule has 0 aliphatic heterocycles. The van der Waals surface area contributed by atoms with E-state index in [-0.39, 0.29) is 5.69 Å². The van der Waals surface area contributed by atoms with Crippen LogP contribution in [0.2, 0.25) is 0 Å². The van der Waals surface area contributed by atoms with Crippen LogP contribution in [-0.4, -0.2) is 21.8 Å². The average molecular weight is 247 g/mol. The number of nitrogens with zero attached hydrogens (tertiary/aromatic N) is 3. The van der Waals surface area contributed by atoms with Crippen molar-refractivity contribution in [1.29, 1.82) is 0 Å². The zero-order valence-electron chi connectivity index (χ0n) is 10.2. The Morgan fingerprint density at radius 1 is 1.50 bits per heavy atom. The lowest BCUT2D eigenvalue weighted by atomic mass is 10.1. The molecule has 0 aliphatic carbocycles. The van der Waals surface area contributed by atoms with Gasteiger partial charge in [-0.2, -0.15) is 5.10 Å². The Morgan fingerprint density at radius 3 is 2.94 bits per heavy atom. The molecule has 0 saturated carbocycles. The van der Waals surface area contributed by atoms with Crippen LogP contribution in [0.1, 0.15) is 11.3 Å². The summed E-state index contributed by atoms with van der Waals surface area (Å²) in [6.07, 6.45) is 1.72. The first kappa shape index (κ1) is 12.1. The summed E-state index contributed by atoms with van der Waals surface area (Å²) in [5, 5.41) is 14.8. The van der Waals surface area contributed by atoms with E-state index in [0.717, 1.165) is 11.3 Å². The van der Waals surface area contributed by atoms with Crippen LogP contribution in [0, 0.1) is 10.1 Å². The van der Waals surface area contributed by atoms with Gasteiger partial charge >= 0.3 is 5.69 Å². The Bertz CT molecular complexity index is 578. The first-order valence-corrected chi connectivity index (χ1v) is 5.40. The van der Waals surface area contributed by atoms with Crippen molar-refractivity contribution < 1.29 is 9.66 Å². The minimum Gasteiger partial charge on any atom is -0.497 e. The molecular weight excluding hydrogens is 234 g/mol. The molecule has 0 N–H and O–H groups in total. The van der Waals surface area contributed by atoms with Gasteiger partial charge in [0, 0.05) is 13.5 Å². The van der Waals surface area contributed by atoms with E-state index in [4.69, 9.17) is 4.74 Å². The normalized spacial score (nSPS) is 10.3. The van der Waals surface area contributed by atoms with Gasteiger partial charge in [-0.25, -0.2) is 0 Å². The van der Waals surface area contributed by atoms with Crippen molar-refractivity contribution in [3.63, 3.8) is 0 Å². The lowest BCUT2D eigenvalue weighted by Gasteiger charge is -2.04. The van der Waals surface area contributed by atoms with E-state index in [1.54, 1.807) is 14.2 Å². The van der Waals surface area contributed by atoms with Crippen molar-refractivity contribution in [1.82, 2.24) is 9.78 Å². The second kappa shape index (κ2) is 4.87. The third-order valence-corrected chi connectivity index (χ3v) is 2.74. The zero-order valence-corrected chi connectivity index (χ0v) is 10.2. The lowest BCUT2D eigenvalue weighted by Crippen LogP contribution is -2.02. The highest BCUT2D eigenvalue weighted by atomic mass is 16.6. The van der Waals surface area contributed by atoms with E-state index >= 15 is 0 Å². The average Bonchev–Trinajstić information content (AvgIpc) is 2.71. The number of benzene rings is 1. The Balaban J connectivity index is 2.33. The maximum Gasteiger partial charge on any atom is 0.310 e. The number of methoxy groups -OCH3 is 1. The Kier molecular flexibility index (Phi) is 3.27. The van der Waals surface area contributed by atoms with E-state index in [1.807, 2.05) is 24.3 Å². The molecule has 0 radical (unpaired) electrons. The molecule has 0 spiro atoms. The maximum absolute atomic E-state index is 10.9. The van der Waals surface area contributed by atoms with Crippen molar-refractivity contribution in [3.8, 4) is 5.75 Å². The quantitative estimate of drug-likeness (QED) is 0.611. The molecule has 2 aromatic rings. The minimum atomic E-state index is -0.414. The summed E-state index contributed by atoms with van der Waals surface area (Å²) < 4.78 is 6.65. The van der Waals surface area contributed by atoms with Crippen LogP contribution in [0.25, 0.3) is 0 Å². The summed E-state index contributed by atoms with van der Waals surface area (Å²) in [6, 6.07) is 7.45. The van der Waals surface area contributed by atoms with E-state index in [9.17, 15) is 10.1 Å². The van der Waals surface area contributed by atoms with Gasteiger partial charge in [0.15, 0.2) is 0 Å². The summed E-state index contributed by atoms with van der Waals surface area (Å²) in [5.74, 6) is 0.734. The first-order chi connectivity index (χ1) is 8.61. The maximum atomic E-state index is 10.9. The van der Waals surface area contributed by atoms with Crippen LogP contribution in [0.15, 0.2) is 30.5 Å². The fourth-order valence-corrected chi connectivity index (χ4v) is 1.78. The van der Waals surface area contributed by atoms with Crippen LogP contribution in [0.4, 0.5) is 5.69 Å².